The van der Waals surface area contributed by atoms with Gasteiger partial charge < -0.3 is 5.11 Å². The second kappa shape index (κ2) is 5.54. The molecule has 1 unspecified atom stereocenters. The maximum Gasteiger partial charge on any atom is 0.146 e. The summed E-state index contributed by atoms with van der Waals surface area (Å²) in [5, 5.41) is 12.2. The van der Waals surface area contributed by atoms with E-state index in [2.05, 4.69) is 15.9 Å². The zero-order chi connectivity index (χ0) is 15.0. The van der Waals surface area contributed by atoms with Crippen LogP contribution in [0.3, 0.4) is 0 Å². The third-order valence-electron chi connectivity index (χ3n) is 3.47. The molecule has 0 aliphatic heterocycles. The second-order valence-electron chi connectivity index (χ2n) is 4.73. The summed E-state index contributed by atoms with van der Waals surface area (Å²) in [6, 6.07) is 15.1. The molecule has 3 rings (SSSR count). The minimum Gasteiger partial charge on any atom is -0.383 e. The highest BCUT2D eigenvalue weighted by Crippen LogP contribution is 2.33. The van der Waals surface area contributed by atoms with Gasteiger partial charge in [0.2, 0.25) is 0 Å². The fourth-order valence-electron chi connectivity index (χ4n) is 2.44. The Labute approximate surface area is 129 Å². The highest BCUT2D eigenvalue weighted by molar-refractivity contribution is 9.10. The van der Waals surface area contributed by atoms with E-state index in [4.69, 9.17) is 0 Å². The molecular weight excluding hydrogens is 338 g/mol. The summed E-state index contributed by atoms with van der Waals surface area (Å²) < 4.78 is 28.2. The Morgan fingerprint density at radius 3 is 2.43 bits per heavy atom. The molecule has 0 spiro atoms. The predicted molar refractivity (Wildman–Crippen MR) is 82.1 cm³/mol. The first-order chi connectivity index (χ1) is 10.1. The Balaban J connectivity index is 2.22. The highest BCUT2D eigenvalue weighted by Gasteiger charge is 2.22. The number of hydrogen-bond donors (Lipinski definition) is 1. The van der Waals surface area contributed by atoms with E-state index in [1.165, 1.54) is 6.07 Å². The SMILES string of the molecule is OC(c1c(F)ccc(Br)c1F)c1cccc2ccccc12. The molecule has 0 amide bonds. The van der Waals surface area contributed by atoms with Gasteiger partial charge in [0.05, 0.1) is 10.0 Å². The molecule has 1 atom stereocenters. The lowest BCUT2D eigenvalue weighted by Crippen LogP contribution is -2.07. The van der Waals surface area contributed by atoms with Crippen LogP contribution < -0.4 is 0 Å². The van der Waals surface area contributed by atoms with Gasteiger partial charge in [0.1, 0.15) is 17.7 Å². The molecule has 21 heavy (non-hydrogen) atoms. The lowest BCUT2D eigenvalue weighted by Gasteiger charge is -2.16. The van der Waals surface area contributed by atoms with Gasteiger partial charge in [0.25, 0.3) is 0 Å². The topological polar surface area (TPSA) is 20.2 Å². The summed E-state index contributed by atoms with van der Waals surface area (Å²) >= 11 is 3.02. The van der Waals surface area contributed by atoms with Crippen molar-refractivity contribution >= 4 is 26.7 Å². The molecule has 0 fully saturated rings. The third kappa shape index (κ3) is 2.45. The van der Waals surface area contributed by atoms with E-state index < -0.39 is 17.7 Å². The molecule has 3 aromatic rings. The fourth-order valence-corrected chi connectivity index (χ4v) is 2.78. The van der Waals surface area contributed by atoms with Crippen LogP contribution in [0.4, 0.5) is 8.78 Å². The number of halogens is 3. The number of hydrogen-bond acceptors (Lipinski definition) is 1. The van der Waals surface area contributed by atoms with Gasteiger partial charge in [-0.1, -0.05) is 42.5 Å². The van der Waals surface area contributed by atoms with Crippen molar-refractivity contribution in [2.45, 2.75) is 6.10 Å². The van der Waals surface area contributed by atoms with Gasteiger partial charge in [0, 0.05) is 0 Å². The second-order valence-corrected chi connectivity index (χ2v) is 5.58. The van der Waals surface area contributed by atoms with Crippen molar-refractivity contribution in [3.8, 4) is 0 Å². The molecule has 3 aromatic carbocycles. The van der Waals surface area contributed by atoms with Crippen molar-refractivity contribution < 1.29 is 13.9 Å². The van der Waals surface area contributed by atoms with E-state index in [0.717, 1.165) is 16.8 Å². The lowest BCUT2D eigenvalue weighted by atomic mass is 9.95. The van der Waals surface area contributed by atoms with Crippen LogP contribution in [0.25, 0.3) is 10.8 Å². The molecule has 0 heterocycles. The van der Waals surface area contributed by atoms with Gasteiger partial charge in [-0.3, -0.25) is 0 Å². The summed E-state index contributed by atoms with van der Waals surface area (Å²) in [6.45, 7) is 0. The number of fused-ring (bicyclic) bond motifs is 1. The Morgan fingerprint density at radius 2 is 1.62 bits per heavy atom. The third-order valence-corrected chi connectivity index (χ3v) is 4.08. The Kier molecular flexibility index (Phi) is 3.74. The summed E-state index contributed by atoms with van der Waals surface area (Å²) in [6.07, 6.45) is -1.37. The quantitative estimate of drug-likeness (QED) is 0.648. The van der Waals surface area contributed by atoms with Crippen molar-refractivity contribution in [2.24, 2.45) is 0 Å². The first-order valence-corrected chi connectivity index (χ1v) is 7.18. The molecule has 106 valence electrons. The van der Waals surface area contributed by atoms with E-state index in [-0.39, 0.29) is 10.0 Å². The van der Waals surface area contributed by atoms with Crippen molar-refractivity contribution in [1.82, 2.24) is 0 Å². The van der Waals surface area contributed by atoms with Crippen molar-refractivity contribution in [3.05, 3.63) is 81.8 Å². The number of aliphatic hydroxyl groups is 1. The molecule has 1 N–H and O–H groups in total. The van der Waals surface area contributed by atoms with Crippen LogP contribution >= 0.6 is 15.9 Å². The lowest BCUT2D eigenvalue weighted by molar-refractivity contribution is 0.210. The predicted octanol–water partition coefficient (Wildman–Crippen LogP) is 4.96. The number of benzene rings is 3. The number of rotatable bonds is 2. The molecule has 0 aliphatic carbocycles. The van der Waals surface area contributed by atoms with Crippen LogP contribution in [0.1, 0.15) is 17.2 Å². The van der Waals surface area contributed by atoms with Gasteiger partial charge in [-0.15, -0.1) is 0 Å². The standard InChI is InChI=1S/C17H11BrF2O/c18-13-8-9-14(19)15(16(13)20)17(21)12-7-3-5-10-4-1-2-6-11(10)12/h1-9,17,21H. The van der Waals surface area contributed by atoms with Gasteiger partial charge >= 0.3 is 0 Å². The normalized spacial score (nSPS) is 12.6. The van der Waals surface area contributed by atoms with Crippen LogP contribution in [-0.4, -0.2) is 5.11 Å². The molecule has 0 bridgehead atoms. The van der Waals surface area contributed by atoms with E-state index >= 15 is 0 Å². The first kappa shape index (κ1) is 14.2. The van der Waals surface area contributed by atoms with Crippen LogP contribution in [0.5, 0.6) is 0 Å². The zero-order valence-corrected chi connectivity index (χ0v) is 12.4. The molecule has 0 saturated heterocycles. The smallest absolute Gasteiger partial charge is 0.146 e. The van der Waals surface area contributed by atoms with Crippen molar-refractivity contribution in [1.29, 1.82) is 0 Å². The molecule has 4 heteroatoms. The summed E-state index contributed by atoms with van der Waals surface area (Å²) in [4.78, 5) is 0. The minimum absolute atomic E-state index is 0.123. The largest absolute Gasteiger partial charge is 0.383 e. The Morgan fingerprint density at radius 1 is 0.905 bits per heavy atom. The molecule has 0 aromatic heterocycles. The van der Waals surface area contributed by atoms with E-state index in [1.807, 2.05) is 30.3 Å². The molecule has 0 aliphatic rings. The van der Waals surface area contributed by atoms with E-state index in [0.29, 0.717) is 5.56 Å². The summed E-state index contributed by atoms with van der Waals surface area (Å²) in [5.41, 5.74) is 0.129. The molecule has 0 radical (unpaired) electrons. The average Bonchev–Trinajstić information content (AvgIpc) is 2.50. The van der Waals surface area contributed by atoms with Gasteiger partial charge in [0.15, 0.2) is 0 Å². The Hall–Kier alpha value is -1.78. The van der Waals surface area contributed by atoms with Crippen LogP contribution in [0.2, 0.25) is 0 Å². The van der Waals surface area contributed by atoms with Crippen LogP contribution in [0, 0.1) is 11.6 Å². The van der Waals surface area contributed by atoms with Gasteiger partial charge in [-0.25, -0.2) is 8.78 Å². The van der Waals surface area contributed by atoms with E-state index in [1.54, 1.807) is 12.1 Å². The fraction of sp³-hybridized carbons (Fsp3) is 0.0588. The van der Waals surface area contributed by atoms with Crippen LogP contribution in [-0.2, 0) is 0 Å². The highest BCUT2D eigenvalue weighted by atomic mass is 79.9. The maximum absolute atomic E-state index is 14.2. The zero-order valence-electron chi connectivity index (χ0n) is 10.9. The Bertz CT molecular complexity index is 812. The monoisotopic (exact) mass is 348 g/mol. The molecule has 1 nitrogen and oxygen atoms in total. The average molecular weight is 349 g/mol. The minimum atomic E-state index is -1.37. The first-order valence-electron chi connectivity index (χ1n) is 6.38. The van der Waals surface area contributed by atoms with Gasteiger partial charge in [-0.05, 0) is 44.4 Å². The van der Waals surface area contributed by atoms with Crippen molar-refractivity contribution in [2.75, 3.05) is 0 Å². The van der Waals surface area contributed by atoms with Crippen LogP contribution in [0.15, 0.2) is 59.1 Å². The maximum atomic E-state index is 14.2. The van der Waals surface area contributed by atoms with Gasteiger partial charge in [-0.2, -0.15) is 0 Å². The van der Waals surface area contributed by atoms with Crippen molar-refractivity contribution in [3.63, 3.8) is 0 Å². The summed E-state index contributed by atoms with van der Waals surface area (Å²) in [7, 11) is 0. The molecular formula is C17H11BrF2O. The summed E-state index contributed by atoms with van der Waals surface area (Å²) in [5.74, 6) is -1.55. The molecule has 0 saturated carbocycles. The number of aliphatic hydroxyl groups excluding tert-OH is 1. The van der Waals surface area contributed by atoms with E-state index in [9.17, 15) is 13.9 Å².